The van der Waals surface area contributed by atoms with Gasteiger partial charge < -0.3 is 5.21 Å². The Morgan fingerprint density at radius 2 is 1.80 bits per heavy atom. The molecule has 0 aliphatic heterocycles. The highest BCUT2D eigenvalue weighted by molar-refractivity contribution is 7.90. The van der Waals surface area contributed by atoms with Gasteiger partial charge in [-0.15, -0.1) is 0 Å². The van der Waals surface area contributed by atoms with E-state index in [1.165, 1.54) is 6.26 Å². The van der Waals surface area contributed by atoms with Crippen molar-refractivity contribution in [1.29, 1.82) is 0 Å². The van der Waals surface area contributed by atoms with Crippen molar-refractivity contribution in [3.63, 3.8) is 0 Å². The first-order valence-corrected chi connectivity index (χ1v) is 6.48. The van der Waals surface area contributed by atoms with Gasteiger partial charge in [-0.2, -0.15) is 5.06 Å². The van der Waals surface area contributed by atoms with Crippen LogP contribution in [-0.4, -0.2) is 38.5 Å². The molecule has 0 aliphatic rings. The molecule has 15 heavy (non-hydrogen) atoms. The average molecular weight is 229 g/mol. The minimum atomic E-state index is -3.11. The zero-order valence-corrected chi connectivity index (χ0v) is 9.66. The third-order valence-corrected chi connectivity index (χ3v) is 3.20. The molecular weight excluding hydrogens is 214 g/mol. The van der Waals surface area contributed by atoms with Crippen molar-refractivity contribution in [3.05, 3.63) is 29.8 Å². The van der Waals surface area contributed by atoms with Crippen molar-refractivity contribution in [1.82, 2.24) is 5.06 Å². The Hall–Kier alpha value is -0.910. The fourth-order valence-electron chi connectivity index (χ4n) is 1.19. The van der Waals surface area contributed by atoms with E-state index in [0.29, 0.717) is 17.9 Å². The molecule has 5 heteroatoms. The lowest BCUT2D eigenvalue weighted by Gasteiger charge is -2.07. The summed E-state index contributed by atoms with van der Waals surface area (Å²) in [7, 11) is -1.54. The van der Waals surface area contributed by atoms with Crippen molar-refractivity contribution in [2.75, 3.05) is 19.8 Å². The lowest BCUT2D eigenvalue weighted by molar-refractivity contribution is -0.0634. The van der Waals surface area contributed by atoms with Crippen LogP contribution in [0, 0.1) is 0 Å². The molecule has 0 bridgehead atoms. The minimum Gasteiger partial charge on any atom is -0.314 e. The molecule has 0 unspecified atom stereocenters. The summed E-state index contributed by atoms with van der Waals surface area (Å²) in [5.41, 5.74) is 1.00. The van der Waals surface area contributed by atoms with Gasteiger partial charge in [-0.3, -0.25) is 0 Å². The van der Waals surface area contributed by atoms with E-state index in [-0.39, 0.29) is 0 Å². The number of hydroxylamine groups is 2. The van der Waals surface area contributed by atoms with E-state index in [9.17, 15) is 8.42 Å². The van der Waals surface area contributed by atoms with Crippen molar-refractivity contribution in [2.24, 2.45) is 0 Å². The molecule has 0 saturated carbocycles. The predicted octanol–water partition coefficient (Wildman–Crippen LogP) is 0.954. The van der Waals surface area contributed by atoms with Gasteiger partial charge in [-0.05, 0) is 24.1 Å². The molecule has 0 amide bonds. The smallest absolute Gasteiger partial charge is 0.175 e. The van der Waals surface area contributed by atoms with Crippen molar-refractivity contribution in [3.8, 4) is 0 Å². The van der Waals surface area contributed by atoms with Crippen molar-refractivity contribution >= 4 is 9.84 Å². The molecule has 0 saturated heterocycles. The van der Waals surface area contributed by atoms with Gasteiger partial charge in [-0.1, -0.05) is 12.1 Å². The molecule has 0 heterocycles. The third kappa shape index (κ3) is 3.99. The second-order valence-electron chi connectivity index (χ2n) is 3.55. The second-order valence-corrected chi connectivity index (χ2v) is 5.56. The molecule has 4 nitrogen and oxygen atoms in total. The van der Waals surface area contributed by atoms with Gasteiger partial charge >= 0.3 is 0 Å². The lowest BCUT2D eigenvalue weighted by atomic mass is 10.1. The number of hydrogen-bond acceptors (Lipinski definition) is 4. The lowest BCUT2D eigenvalue weighted by Crippen LogP contribution is -2.15. The average Bonchev–Trinajstić information content (AvgIpc) is 2.14. The zero-order valence-electron chi connectivity index (χ0n) is 8.84. The van der Waals surface area contributed by atoms with Gasteiger partial charge in [0, 0.05) is 19.8 Å². The molecule has 0 aliphatic carbocycles. The fraction of sp³-hybridized carbons (Fsp3) is 0.400. The summed E-state index contributed by atoms with van der Waals surface area (Å²) in [6.45, 7) is 0.526. The van der Waals surface area contributed by atoms with Crippen LogP contribution in [-0.2, 0) is 16.3 Å². The number of sulfone groups is 1. The van der Waals surface area contributed by atoms with Crippen LogP contribution < -0.4 is 0 Å². The SMILES string of the molecule is CN(O)CCc1ccc(S(C)(=O)=O)cc1. The quantitative estimate of drug-likeness (QED) is 0.781. The Labute approximate surface area is 90.0 Å². The van der Waals surface area contributed by atoms with Crippen LogP contribution in [0.1, 0.15) is 5.56 Å². The standard InChI is InChI=1S/C10H15NO3S/c1-11(12)8-7-9-3-5-10(6-4-9)15(2,13)14/h3-6,12H,7-8H2,1-2H3. The first kappa shape index (κ1) is 12.2. The van der Waals surface area contributed by atoms with E-state index in [0.717, 1.165) is 10.6 Å². The van der Waals surface area contributed by atoms with Gasteiger partial charge in [0.1, 0.15) is 0 Å². The summed E-state index contributed by atoms with van der Waals surface area (Å²) < 4.78 is 22.3. The molecular formula is C10H15NO3S. The summed E-state index contributed by atoms with van der Waals surface area (Å²) in [6, 6.07) is 6.70. The first-order chi connectivity index (χ1) is 6.89. The molecule has 84 valence electrons. The van der Waals surface area contributed by atoms with Gasteiger partial charge in [-0.25, -0.2) is 8.42 Å². The second kappa shape index (κ2) is 4.74. The van der Waals surface area contributed by atoms with Crippen LogP contribution in [0.4, 0.5) is 0 Å². The number of nitrogens with zero attached hydrogens (tertiary/aromatic N) is 1. The fourth-order valence-corrected chi connectivity index (χ4v) is 1.82. The van der Waals surface area contributed by atoms with E-state index in [4.69, 9.17) is 5.21 Å². The highest BCUT2D eigenvalue weighted by Crippen LogP contribution is 2.10. The van der Waals surface area contributed by atoms with Crippen LogP contribution >= 0.6 is 0 Å². The Kier molecular flexibility index (Phi) is 3.84. The normalized spacial score (nSPS) is 12.0. The van der Waals surface area contributed by atoms with Crippen LogP contribution in [0.15, 0.2) is 29.2 Å². The van der Waals surface area contributed by atoms with E-state index in [2.05, 4.69) is 0 Å². The van der Waals surface area contributed by atoms with Gasteiger partial charge in [0.05, 0.1) is 4.90 Å². The molecule has 0 aromatic heterocycles. The topological polar surface area (TPSA) is 57.6 Å². The minimum absolute atomic E-state index is 0.323. The number of benzene rings is 1. The summed E-state index contributed by atoms with van der Waals surface area (Å²) in [6.07, 6.45) is 1.88. The molecule has 1 aromatic rings. The summed E-state index contributed by atoms with van der Waals surface area (Å²) >= 11 is 0. The molecule has 0 fully saturated rings. The summed E-state index contributed by atoms with van der Waals surface area (Å²) in [4.78, 5) is 0.323. The maximum absolute atomic E-state index is 11.2. The van der Waals surface area contributed by atoms with E-state index in [1.54, 1.807) is 31.3 Å². The predicted molar refractivity (Wildman–Crippen MR) is 57.7 cm³/mol. The monoisotopic (exact) mass is 229 g/mol. The number of likely N-dealkylation sites (N-methyl/N-ethyl adjacent to an activating group) is 1. The Bertz CT molecular complexity index is 409. The maximum Gasteiger partial charge on any atom is 0.175 e. The van der Waals surface area contributed by atoms with E-state index < -0.39 is 9.84 Å². The summed E-state index contributed by atoms with van der Waals surface area (Å²) in [5, 5.41) is 10.0. The molecule has 1 N–H and O–H groups in total. The van der Waals surface area contributed by atoms with Crippen LogP contribution in [0.5, 0.6) is 0 Å². The Balaban J connectivity index is 2.73. The first-order valence-electron chi connectivity index (χ1n) is 4.58. The third-order valence-electron chi connectivity index (χ3n) is 2.08. The Morgan fingerprint density at radius 3 is 2.20 bits per heavy atom. The van der Waals surface area contributed by atoms with Crippen molar-refractivity contribution < 1.29 is 13.6 Å². The van der Waals surface area contributed by atoms with Crippen LogP contribution in [0.25, 0.3) is 0 Å². The van der Waals surface area contributed by atoms with Crippen LogP contribution in [0.3, 0.4) is 0 Å². The molecule has 1 aromatic carbocycles. The maximum atomic E-state index is 11.2. The molecule has 0 radical (unpaired) electrons. The summed E-state index contributed by atoms with van der Waals surface area (Å²) in [5.74, 6) is 0. The van der Waals surface area contributed by atoms with Gasteiger partial charge in [0.25, 0.3) is 0 Å². The zero-order chi connectivity index (χ0) is 11.5. The Morgan fingerprint density at radius 1 is 1.27 bits per heavy atom. The van der Waals surface area contributed by atoms with Crippen molar-refractivity contribution in [2.45, 2.75) is 11.3 Å². The van der Waals surface area contributed by atoms with E-state index >= 15 is 0 Å². The van der Waals surface area contributed by atoms with Crippen LogP contribution in [0.2, 0.25) is 0 Å². The number of hydrogen-bond donors (Lipinski definition) is 1. The number of rotatable bonds is 4. The van der Waals surface area contributed by atoms with E-state index in [1.807, 2.05) is 0 Å². The van der Waals surface area contributed by atoms with Gasteiger partial charge in [0.15, 0.2) is 9.84 Å². The highest BCUT2D eigenvalue weighted by Gasteiger charge is 2.05. The van der Waals surface area contributed by atoms with Gasteiger partial charge in [0.2, 0.25) is 0 Å². The molecule has 1 rings (SSSR count). The molecule has 0 atom stereocenters. The molecule has 0 spiro atoms. The largest absolute Gasteiger partial charge is 0.314 e. The highest BCUT2D eigenvalue weighted by atomic mass is 32.2.